The molecule has 318 valence electrons. The van der Waals surface area contributed by atoms with Gasteiger partial charge in [-0.15, -0.1) is 22.7 Å². The van der Waals surface area contributed by atoms with Gasteiger partial charge in [0.05, 0.1) is 65.9 Å². The van der Waals surface area contributed by atoms with Crippen LogP contribution in [-0.2, 0) is 51.0 Å². The highest BCUT2D eigenvalue weighted by molar-refractivity contribution is 7.88. The lowest BCUT2D eigenvalue weighted by Gasteiger charge is -2.17. The predicted molar refractivity (Wildman–Crippen MR) is 234 cm³/mol. The van der Waals surface area contributed by atoms with E-state index in [2.05, 4.69) is 40.5 Å². The van der Waals surface area contributed by atoms with E-state index in [1.807, 2.05) is 0 Å². The van der Waals surface area contributed by atoms with E-state index < -0.39 is 20.4 Å². The Morgan fingerprint density at radius 1 is 0.783 bits per heavy atom. The first kappa shape index (κ1) is 45.2. The lowest BCUT2D eigenvalue weighted by atomic mass is 10.3. The number of hydrogen-bond acceptors (Lipinski definition) is 16. The summed E-state index contributed by atoms with van der Waals surface area (Å²) >= 11 is 16.0. The zero-order valence-electron chi connectivity index (χ0n) is 32.3. The van der Waals surface area contributed by atoms with E-state index >= 15 is 0 Å². The van der Waals surface area contributed by atoms with E-state index in [0.29, 0.717) is 80.0 Å². The fourth-order valence-electron chi connectivity index (χ4n) is 5.48. The van der Waals surface area contributed by atoms with Crippen molar-refractivity contribution in [2.45, 2.75) is 25.8 Å². The minimum atomic E-state index is -3.79. The number of rotatable bonds is 17. The Labute approximate surface area is 367 Å². The Balaban J connectivity index is 0.000000253. The number of halogens is 3. The number of imidazole rings is 2. The molecule has 0 bridgehead atoms. The van der Waals surface area contributed by atoms with Crippen LogP contribution in [0.15, 0.2) is 61.3 Å². The first-order valence-corrected chi connectivity index (χ1v) is 23.7. The largest absolute Gasteiger partial charge is 0.362 e. The number of carbonyl (C=O) groups is 1. The van der Waals surface area contributed by atoms with Crippen LogP contribution < -0.4 is 10.6 Å². The number of aromatic nitrogens is 8. The summed E-state index contributed by atoms with van der Waals surface area (Å²) in [6, 6.07) is 9.82. The molecule has 0 radical (unpaired) electrons. The summed E-state index contributed by atoms with van der Waals surface area (Å²) in [5, 5.41) is 7.30. The SMILES string of the molecule is CN(C)S(=O)(=O)n1c(-c2ccc(Cl)s2)cnc1CC=O.CN(C)S(=O)(=O)n1c(-c2ccc(Cl)s2)cnc1CCNCCc1nc2c(NCc3ncccc3F)ncnc2s1. The maximum Gasteiger partial charge on any atom is 0.309 e. The van der Waals surface area contributed by atoms with E-state index in [9.17, 15) is 26.0 Å². The summed E-state index contributed by atoms with van der Waals surface area (Å²) in [5.41, 5.74) is 1.79. The number of carbonyl (C=O) groups excluding carboxylic acids is 1. The number of hydrogen-bond donors (Lipinski definition) is 2. The molecule has 0 aromatic carbocycles. The zero-order chi connectivity index (χ0) is 43.2. The molecular weight excluding hydrogens is 919 g/mol. The Morgan fingerprint density at radius 2 is 1.38 bits per heavy atom. The monoisotopic (exact) mass is 954 g/mol. The van der Waals surface area contributed by atoms with E-state index in [1.54, 1.807) is 36.5 Å². The second-order valence-corrected chi connectivity index (χ2v) is 21.3. The quantitative estimate of drug-likeness (QED) is 0.0857. The summed E-state index contributed by atoms with van der Waals surface area (Å²) in [7, 11) is -1.73. The molecule has 0 aliphatic heterocycles. The molecule has 7 aromatic heterocycles. The molecule has 0 aliphatic carbocycles. The van der Waals surface area contributed by atoms with Gasteiger partial charge in [0.15, 0.2) is 5.82 Å². The number of nitrogens with zero attached hydrogens (tertiary/aromatic N) is 10. The number of aldehydes is 1. The van der Waals surface area contributed by atoms with E-state index in [1.165, 1.54) is 91.0 Å². The summed E-state index contributed by atoms with van der Waals surface area (Å²) < 4.78 is 70.6. The lowest BCUT2D eigenvalue weighted by molar-refractivity contribution is -0.107. The van der Waals surface area contributed by atoms with Crippen molar-refractivity contribution in [3.8, 4) is 21.1 Å². The van der Waals surface area contributed by atoms with Gasteiger partial charge in [0.1, 0.15) is 40.4 Å². The minimum Gasteiger partial charge on any atom is -0.362 e. The molecule has 0 unspecified atom stereocenters. The van der Waals surface area contributed by atoms with Gasteiger partial charge in [-0.25, -0.2) is 37.3 Å². The van der Waals surface area contributed by atoms with Gasteiger partial charge in [0.2, 0.25) is 0 Å². The topological polar surface area (TPSA) is 203 Å². The first-order valence-electron chi connectivity index (χ1n) is 17.7. The molecule has 7 aromatic rings. The molecule has 0 saturated carbocycles. The Hall–Kier alpha value is -4.30. The van der Waals surface area contributed by atoms with Crippen LogP contribution in [0.5, 0.6) is 0 Å². The van der Waals surface area contributed by atoms with Crippen LogP contribution in [0.25, 0.3) is 31.5 Å². The van der Waals surface area contributed by atoms with Gasteiger partial charge in [0, 0.05) is 60.3 Å². The van der Waals surface area contributed by atoms with Crippen LogP contribution in [-0.4, -0.2) is 111 Å². The van der Waals surface area contributed by atoms with Crippen molar-refractivity contribution in [2.75, 3.05) is 46.6 Å². The minimum absolute atomic E-state index is 0.0772. The van der Waals surface area contributed by atoms with Gasteiger partial charge in [-0.2, -0.15) is 25.4 Å². The summed E-state index contributed by atoms with van der Waals surface area (Å²) in [5.74, 6) is 0.728. The van der Waals surface area contributed by atoms with Gasteiger partial charge in [-0.1, -0.05) is 34.5 Å². The maximum atomic E-state index is 13.9. The number of fused-ring (bicyclic) bond motifs is 1. The zero-order valence-corrected chi connectivity index (χ0v) is 37.9. The smallest absolute Gasteiger partial charge is 0.309 e. The van der Waals surface area contributed by atoms with Crippen LogP contribution in [0.4, 0.5) is 10.2 Å². The highest BCUT2D eigenvalue weighted by atomic mass is 35.5. The Bertz CT molecular complexity index is 2820. The third kappa shape index (κ3) is 10.2. The van der Waals surface area contributed by atoms with Crippen LogP contribution in [0.1, 0.15) is 22.4 Å². The molecule has 0 aliphatic rings. The normalized spacial score (nSPS) is 12.0. The molecule has 0 fully saturated rings. The van der Waals surface area contributed by atoms with Gasteiger partial charge in [-0.3, -0.25) is 4.98 Å². The molecule has 2 N–H and O–H groups in total. The second kappa shape index (κ2) is 19.6. The van der Waals surface area contributed by atoms with E-state index in [-0.39, 0.29) is 24.6 Å². The molecule has 17 nitrogen and oxygen atoms in total. The van der Waals surface area contributed by atoms with Gasteiger partial charge in [-0.05, 0) is 36.4 Å². The van der Waals surface area contributed by atoms with Crippen molar-refractivity contribution in [1.82, 2.24) is 51.8 Å². The van der Waals surface area contributed by atoms with Crippen molar-refractivity contribution in [3.63, 3.8) is 0 Å². The van der Waals surface area contributed by atoms with Crippen molar-refractivity contribution in [3.05, 3.63) is 98.2 Å². The van der Waals surface area contributed by atoms with Crippen molar-refractivity contribution < 1.29 is 26.0 Å². The van der Waals surface area contributed by atoms with Gasteiger partial charge < -0.3 is 15.4 Å². The number of nitrogens with one attached hydrogen (secondary N) is 2. The molecule has 7 heterocycles. The molecule has 0 atom stereocenters. The summed E-state index contributed by atoms with van der Waals surface area (Å²) in [6.07, 6.45) is 7.56. The Morgan fingerprint density at radius 3 is 1.95 bits per heavy atom. The maximum absolute atomic E-state index is 13.9. The fraction of sp³-hybridized carbons (Fsp3) is 0.286. The van der Waals surface area contributed by atoms with E-state index in [4.69, 9.17) is 23.2 Å². The highest BCUT2D eigenvalue weighted by Gasteiger charge is 2.27. The number of pyridine rings is 1. The highest BCUT2D eigenvalue weighted by Crippen LogP contribution is 2.34. The number of thiazole rings is 1. The van der Waals surface area contributed by atoms with Crippen LogP contribution in [0, 0.1) is 5.82 Å². The average Bonchev–Trinajstić information content (AvgIpc) is 4.05. The van der Waals surface area contributed by atoms with Gasteiger partial charge >= 0.3 is 20.4 Å². The van der Waals surface area contributed by atoms with Crippen LogP contribution >= 0.6 is 57.2 Å². The predicted octanol–water partition coefficient (Wildman–Crippen LogP) is 5.50. The third-order valence-electron chi connectivity index (χ3n) is 8.42. The summed E-state index contributed by atoms with van der Waals surface area (Å²) in [6.45, 7) is 1.30. The van der Waals surface area contributed by atoms with E-state index in [0.717, 1.165) is 27.3 Å². The molecule has 0 saturated heterocycles. The van der Waals surface area contributed by atoms with Crippen LogP contribution in [0.3, 0.4) is 0 Å². The number of anilines is 1. The standard InChI is InChI=1S/C24H25ClFN9O2S3.C11H12ClN3O3S2/c1-34(2)40(36,37)35-17(18-5-6-19(25)38-18)13-29-20(35)7-10-27-11-8-21-33-22-23(31-14-32-24(22)39-21)30-12-16-15(26)4-3-9-28-16;1-14(2)20(17,18)15-8(7-13-11(15)5-6-16)9-3-4-10(12)19-9/h3-6,9,13-14,27H,7-8,10-12H2,1-2H3,(H,30,31,32);3-4,6-7H,5H2,1-2H3. The van der Waals surface area contributed by atoms with Gasteiger partial charge in [0.25, 0.3) is 0 Å². The molecule has 60 heavy (non-hydrogen) atoms. The molecule has 7 rings (SSSR count). The van der Waals surface area contributed by atoms with Crippen LogP contribution in [0.2, 0.25) is 8.67 Å². The fourth-order valence-corrected chi connectivity index (χ4v) is 10.8. The molecule has 0 amide bonds. The lowest BCUT2D eigenvalue weighted by Crippen LogP contribution is -2.31. The summed E-state index contributed by atoms with van der Waals surface area (Å²) in [4.78, 5) is 38.5. The second-order valence-electron chi connectivity index (χ2n) is 12.8. The van der Waals surface area contributed by atoms with Crippen molar-refractivity contribution in [1.29, 1.82) is 0 Å². The average molecular weight is 956 g/mol. The molecular formula is C35H37Cl2FN12O5S5. The van der Waals surface area contributed by atoms with Crippen molar-refractivity contribution >= 4 is 100 Å². The molecule has 0 spiro atoms. The number of thiophene rings is 2. The molecule has 25 heteroatoms. The first-order chi connectivity index (χ1) is 28.6. The Kier molecular flexibility index (Phi) is 14.8. The van der Waals surface area contributed by atoms with Crippen molar-refractivity contribution in [2.24, 2.45) is 0 Å². The third-order valence-corrected chi connectivity index (χ3v) is 15.5.